The maximum atomic E-state index is 11.8. The Bertz CT molecular complexity index is 1110. The maximum absolute atomic E-state index is 11.8. The number of likely N-dealkylation sites (tertiary alicyclic amines) is 1. The molecule has 0 aliphatic carbocycles. The molecule has 0 saturated carbocycles. The van der Waals surface area contributed by atoms with Crippen LogP contribution in [-0.2, 0) is 11.3 Å². The molecule has 0 aromatic heterocycles. The molecule has 1 fully saturated rings. The number of carboxylic acid groups (broad SMARTS) is 1. The lowest BCUT2D eigenvalue weighted by atomic mass is 9.94. The van der Waals surface area contributed by atoms with Crippen molar-refractivity contribution < 1.29 is 24.1 Å². The number of aliphatic carboxylic acids is 1. The second-order valence-electron chi connectivity index (χ2n) is 7.69. The highest BCUT2D eigenvalue weighted by molar-refractivity contribution is 6.10. The van der Waals surface area contributed by atoms with Crippen LogP contribution in [0.2, 0.25) is 0 Å². The van der Waals surface area contributed by atoms with Crippen LogP contribution in [0.25, 0.3) is 21.5 Å². The lowest BCUT2D eigenvalue weighted by Gasteiger charge is -2.33. The van der Waals surface area contributed by atoms with Gasteiger partial charge in [0.15, 0.2) is 11.5 Å². The highest BCUT2D eigenvalue weighted by Gasteiger charge is 2.29. The van der Waals surface area contributed by atoms with Gasteiger partial charge in [-0.25, -0.2) is 0 Å². The lowest BCUT2D eigenvalue weighted by molar-refractivity contribution is -0.144. The molecule has 0 radical (unpaired) electrons. The molecule has 0 bridgehead atoms. The molecular weight excluding hydrogens is 370 g/mol. The van der Waals surface area contributed by atoms with E-state index in [9.17, 15) is 9.90 Å². The van der Waals surface area contributed by atoms with Crippen molar-refractivity contribution in [3.8, 4) is 17.2 Å². The van der Waals surface area contributed by atoms with Crippen molar-refractivity contribution in [1.29, 1.82) is 0 Å². The van der Waals surface area contributed by atoms with Crippen LogP contribution in [0.5, 0.6) is 17.2 Å². The van der Waals surface area contributed by atoms with E-state index in [1.54, 1.807) is 7.11 Å². The predicted molar refractivity (Wildman–Crippen MR) is 110 cm³/mol. The summed E-state index contributed by atoms with van der Waals surface area (Å²) in [5.41, 5.74) is 1.11. The van der Waals surface area contributed by atoms with Crippen molar-refractivity contribution in [3.63, 3.8) is 0 Å². The molecule has 2 heterocycles. The number of hydrogen-bond acceptors (Lipinski definition) is 5. The lowest BCUT2D eigenvalue weighted by Crippen LogP contribution is -2.44. The number of nitrogens with zero attached hydrogens (tertiary/aromatic N) is 1. The van der Waals surface area contributed by atoms with E-state index in [2.05, 4.69) is 17.0 Å². The van der Waals surface area contributed by atoms with Crippen LogP contribution >= 0.6 is 0 Å². The van der Waals surface area contributed by atoms with Crippen LogP contribution in [0.1, 0.15) is 24.8 Å². The SMILES string of the molecule is COc1ccc2c(CN3CCCC[C@H]3C(=O)O)cc3cc4c(cc3c2c1)OCO4. The summed E-state index contributed by atoms with van der Waals surface area (Å²) in [5.74, 6) is 1.54. The van der Waals surface area contributed by atoms with Crippen LogP contribution < -0.4 is 14.2 Å². The quantitative estimate of drug-likeness (QED) is 0.671. The summed E-state index contributed by atoms with van der Waals surface area (Å²) < 4.78 is 16.6. The van der Waals surface area contributed by atoms with E-state index in [-0.39, 0.29) is 6.79 Å². The van der Waals surface area contributed by atoms with Gasteiger partial charge in [0.05, 0.1) is 7.11 Å². The van der Waals surface area contributed by atoms with E-state index in [4.69, 9.17) is 14.2 Å². The molecule has 2 aliphatic rings. The first-order chi connectivity index (χ1) is 14.1. The third-order valence-electron chi connectivity index (χ3n) is 6.01. The Hall–Kier alpha value is -2.99. The van der Waals surface area contributed by atoms with Crippen LogP contribution in [0, 0.1) is 0 Å². The van der Waals surface area contributed by atoms with Crippen molar-refractivity contribution in [2.75, 3.05) is 20.4 Å². The molecule has 6 nitrogen and oxygen atoms in total. The molecule has 5 rings (SSSR count). The van der Waals surface area contributed by atoms with E-state index < -0.39 is 12.0 Å². The van der Waals surface area contributed by atoms with E-state index in [0.717, 1.165) is 63.7 Å². The third-order valence-corrected chi connectivity index (χ3v) is 6.01. The Morgan fingerprint density at radius 2 is 1.93 bits per heavy atom. The molecule has 29 heavy (non-hydrogen) atoms. The molecule has 1 atom stereocenters. The van der Waals surface area contributed by atoms with Crippen molar-refractivity contribution in [2.24, 2.45) is 0 Å². The van der Waals surface area contributed by atoms with Gasteiger partial charge in [-0.1, -0.05) is 12.5 Å². The van der Waals surface area contributed by atoms with E-state index in [1.165, 1.54) is 0 Å². The average Bonchev–Trinajstić information content (AvgIpc) is 3.19. The highest BCUT2D eigenvalue weighted by atomic mass is 16.7. The van der Waals surface area contributed by atoms with Gasteiger partial charge in [0.2, 0.25) is 6.79 Å². The molecule has 6 heteroatoms. The Kier molecular flexibility index (Phi) is 4.43. The number of fused-ring (bicyclic) bond motifs is 4. The topological polar surface area (TPSA) is 68.2 Å². The van der Waals surface area contributed by atoms with Crippen LogP contribution in [-0.4, -0.2) is 42.5 Å². The number of benzene rings is 3. The van der Waals surface area contributed by atoms with Gasteiger partial charge in [-0.05, 0) is 76.8 Å². The summed E-state index contributed by atoms with van der Waals surface area (Å²) in [6.07, 6.45) is 2.70. The fourth-order valence-electron chi connectivity index (χ4n) is 4.54. The number of piperidine rings is 1. The number of hydrogen-bond donors (Lipinski definition) is 1. The number of carbonyl (C=O) groups is 1. The van der Waals surface area contributed by atoms with E-state index in [0.29, 0.717) is 13.0 Å². The van der Waals surface area contributed by atoms with E-state index in [1.807, 2.05) is 24.3 Å². The van der Waals surface area contributed by atoms with Gasteiger partial charge >= 0.3 is 5.97 Å². The summed E-state index contributed by atoms with van der Waals surface area (Å²) in [4.78, 5) is 13.8. The molecule has 0 unspecified atom stereocenters. The summed E-state index contributed by atoms with van der Waals surface area (Å²) in [6, 6.07) is 11.8. The van der Waals surface area contributed by atoms with Crippen molar-refractivity contribution in [3.05, 3.63) is 42.0 Å². The molecule has 1 saturated heterocycles. The Morgan fingerprint density at radius 1 is 1.10 bits per heavy atom. The zero-order chi connectivity index (χ0) is 20.0. The highest BCUT2D eigenvalue weighted by Crippen LogP contribution is 2.41. The Balaban J connectivity index is 1.67. The summed E-state index contributed by atoms with van der Waals surface area (Å²) in [7, 11) is 1.66. The van der Waals surface area contributed by atoms with Gasteiger partial charge < -0.3 is 19.3 Å². The minimum atomic E-state index is -0.736. The average molecular weight is 393 g/mol. The number of carboxylic acids is 1. The first-order valence-corrected chi connectivity index (χ1v) is 9.94. The van der Waals surface area contributed by atoms with Crippen LogP contribution in [0.4, 0.5) is 0 Å². The molecule has 150 valence electrons. The van der Waals surface area contributed by atoms with Gasteiger partial charge in [-0.3, -0.25) is 9.69 Å². The first-order valence-electron chi connectivity index (χ1n) is 9.94. The largest absolute Gasteiger partial charge is 0.497 e. The molecule has 1 N–H and O–H groups in total. The fourth-order valence-corrected chi connectivity index (χ4v) is 4.54. The molecule has 0 spiro atoms. The third kappa shape index (κ3) is 3.13. The first kappa shape index (κ1) is 18.1. The van der Waals surface area contributed by atoms with Gasteiger partial charge in [0.25, 0.3) is 0 Å². The zero-order valence-electron chi connectivity index (χ0n) is 16.3. The van der Waals surface area contributed by atoms with Gasteiger partial charge in [0, 0.05) is 6.54 Å². The van der Waals surface area contributed by atoms with Crippen molar-refractivity contribution in [2.45, 2.75) is 31.8 Å². The smallest absolute Gasteiger partial charge is 0.320 e. The van der Waals surface area contributed by atoms with Gasteiger partial charge in [0.1, 0.15) is 11.8 Å². The number of ether oxygens (including phenoxy) is 3. The standard InChI is InChI=1S/C23H23NO5/c1-27-16-5-6-17-15(12-24-7-3-2-4-20(24)23(25)26)8-14-9-21-22(29-13-28-21)11-18(14)19(17)10-16/h5-6,8-11,20H,2-4,7,12-13H2,1H3,(H,25,26)/t20-/m0/s1. The second-order valence-corrected chi connectivity index (χ2v) is 7.69. The Morgan fingerprint density at radius 3 is 2.72 bits per heavy atom. The molecule has 0 amide bonds. The van der Waals surface area contributed by atoms with Crippen molar-refractivity contribution in [1.82, 2.24) is 4.90 Å². The molecule has 2 aliphatic heterocycles. The predicted octanol–water partition coefficient (Wildman–Crippen LogP) is 4.17. The zero-order valence-corrected chi connectivity index (χ0v) is 16.3. The van der Waals surface area contributed by atoms with E-state index >= 15 is 0 Å². The summed E-state index contributed by atoms with van der Waals surface area (Å²) in [5, 5.41) is 13.9. The summed E-state index contributed by atoms with van der Waals surface area (Å²) in [6.45, 7) is 1.63. The maximum Gasteiger partial charge on any atom is 0.320 e. The number of rotatable bonds is 4. The normalized spacial score (nSPS) is 19.0. The number of methoxy groups -OCH3 is 1. The molecule has 3 aromatic rings. The second kappa shape index (κ2) is 7.12. The fraction of sp³-hybridized carbons (Fsp3) is 0.348. The van der Waals surface area contributed by atoms with Gasteiger partial charge in [-0.2, -0.15) is 0 Å². The van der Waals surface area contributed by atoms with Crippen LogP contribution in [0.3, 0.4) is 0 Å². The minimum Gasteiger partial charge on any atom is -0.497 e. The summed E-state index contributed by atoms with van der Waals surface area (Å²) >= 11 is 0. The minimum absolute atomic E-state index is 0.230. The molecule has 3 aromatic carbocycles. The van der Waals surface area contributed by atoms with Crippen LogP contribution in [0.15, 0.2) is 36.4 Å². The molecular formula is C23H23NO5. The van der Waals surface area contributed by atoms with Crippen molar-refractivity contribution >= 4 is 27.5 Å². The monoisotopic (exact) mass is 393 g/mol. The Labute approximate surface area is 168 Å². The van der Waals surface area contributed by atoms with Gasteiger partial charge in [-0.15, -0.1) is 0 Å².